The van der Waals surface area contributed by atoms with Gasteiger partial charge in [-0.1, -0.05) is 18.2 Å². The van der Waals surface area contributed by atoms with Crippen molar-refractivity contribution in [3.05, 3.63) is 65.8 Å². The Balaban J connectivity index is 1.86. The quantitative estimate of drug-likeness (QED) is 0.404. The highest BCUT2D eigenvalue weighted by molar-refractivity contribution is 6.46. The number of nitrogens with one attached hydrogen (secondary N) is 1. The maximum absolute atomic E-state index is 12.9. The number of fused-ring (bicyclic) bond motifs is 1. The minimum Gasteiger partial charge on any atom is -0.507 e. The monoisotopic (exact) mass is 379 g/mol. The number of carbonyl (C=O) groups is 2. The minimum atomic E-state index is -0.761. The third kappa shape index (κ3) is 2.90. The molecule has 28 heavy (non-hydrogen) atoms. The molecule has 144 valence electrons. The molecule has 0 saturated carbocycles. The van der Waals surface area contributed by atoms with Crippen molar-refractivity contribution in [3.8, 4) is 0 Å². The van der Waals surface area contributed by atoms with Crippen LogP contribution in [0.5, 0.6) is 0 Å². The SMILES string of the molecule is CN(C)CCN1C(=O)C(=O)C(=C(O)c2c[nH]c3ccccc23)[C@H]1c1ccco1. The van der Waals surface area contributed by atoms with Gasteiger partial charge in [0, 0.05) is 35.8 Å². The fraction of sp³-hybridized carbons (Fsp3) is 0.238. The Hall–Kier alpha value is -3.32. The molecule has 1 fully saturated rings. The summed E-state index contributed by atoms with van der Waals surface area (Å²) in [6.45, 7) is 0.922. The number of carbonyl (C=O) groups excluding carboxylic acids is 2. The summed E-state index contributed by atoms with van der Waals surface area (Å²) < 4.78 is 5.52. The van der Waals surface area contributed by atoms with Gasteiger partial charge in [-0.25, -0.2) is 0 Å². The lowest BCUT2D eigenvalue weighted by Gasteiger charge is -2.24. The highest BCUT2D eigenvalue weighted by Crippen LogP contribution is 2.40. The van der Waals surface area contributed by atoms with E-state index in [1.54, 1.807) is 18.3 Å². The van der Waals surface area contributed by atoms with Crippen molar-refractivity contribution in [1.29, 1.82) is 0 Å². The molecule has 1 amide bonds. The van der Waals surface area contributed by atoms with Crippen molar-refractivity contribution in [2.45, 2.75) is 6.04 Å². The number of amides is 1. The number of para-hydroxylation sites is 1. The summed E-state index contributed by atoms with van der Waals surface area (Å²) in [5, 5.41) is 11.8. The third-order valence-electron chi connectivity index (χ3n) is 4.99. The van der Waals surface area contributed by atoms with E-state index in [9.17, 15) is 14.7 Å². The number of likely N-dealkylation sites (tertiary alicyclic amines) is 1. The second kappa shape index (κ2) is 7.01. The first-order chi connectivity index (χ1) is 13.5. The Morgan fingerprint density at radius 3 is 2.71 bits per heavy atom. The fourth-order valence-electron chi connectivity index (χ4n) is 3.57. The van der Waals surface area contributed by atoms with Gasteiger partial charge >= 0.3 is 0 Å². The summed E-state index contributed by atoms with van der Waals surface area (Å²) in [7, 11) is 3.79. The molecule has 1 aliphatic rings. The molecule has 2 N–H and O–H groups in total. The van der Waals surface area contributed by atoms with Gasteiger partial charge < -0.3 is 24.3 Å². The number of aromatic nitrogens is 1. The average molecular weight is 379 g/mol. The van der Waals surface area contributed by atoms with Gasteiger partial charge in [-0.05, 0) is 32.3 Å². The Kier molecular flexibility index (Phi) is 4.52. The number of aliphatic hydroxyl groups excluding tert-OH is 1. The van der Waals surface area contributed by atoms with Crippen LogP contribution >= 0.6 is 0 Å². The number of furan rings is 1. The number of likely N-dealkylation sites (N-methyl/N-ethyl adjacent to an activating group) is 1. The standard InChI is InChI=1S/C21H21N3O4/c1-23(2)9-10-24-18(16-8-5-11-28-16)17(20(26)21(24)27)19(25)14-12-22-15-7-4-3-6-13(14)15/h3-8,11-12,18,22,25H,9-10H2,1-2H3/t18-/m1/s1. The second-order valence-electron chi connectivity index (χ2n) is 7.06. The molecular formula is C21H21N3O4. The number of aliphatic hydroxyl groups is 1. The minimum absolute atomic E-state index is 0.0449. The largest absolute Gasteiger partial charge is 0.507 e. The zero-order valence-corrected chi connectivity index (χ0v) is 15.7. The molecule has 1 aromatic carbocycles. The zero-order chi connectivity index (χ0) is 19.8. The number of ketones is 1. The van der Waals surface area contributed by atoms with Crippen LogP contribution in [0.25, 0.3) is 16.7 Å². The lowest BCUT2D eigenvalue weighted by molar-refractivity contribution is -0.140. The molecule has 0 spiro atoms. The van der Waals surface area contributed by atoms with Gasteiger partial charge in [0.2, 0.25) is 0 Å². The van der Waals surface area contributed by atoms with Crippen LogP contribution in [0.1, 0.15) is 17.4 Å². The molecule has 1 atom stereocenters. The van der Waals surface area contributed by atoms with Crippen LogP contribution in [-0.4, -0.2) is 58.8 Å². The first-order valence-electron chi connectivity index (χ1n) is 9.02. The van der Waals surface area contributed by atoms with Crippen LogP contribution in [0, 0.1) is 0 Å². The maximum atomic E-state index is 12.9. The van der Waals surface area contributed by atoms with E-state index >= 15 is 0 Å². The number of hydrogen-bond acceptors (Lipinski definition) is 5. The molecule has 7 nitrogen and oxygen atoms in total. The number of Topliss-reactive ketones (excluding diaryl/α,β-unsaturated/α-hetero) is 1. The van der Waals surface area contributed by atoms with Crippen molar-refractivity contribution in [3.63, 3.8) is 0 Å². The molecule has 4 rings (SSSR count). The number of H-pyrrole nitrogens is 1. The van der Waals surface area contributed by atoms with Gasteiger partial charge in [0.15, 0.2) is 0 Å². The lowest BCUT2D eigenvalue weighted by atomic mass is 9.99. The van der Waals surface area contributed by atoms with Crippen LogP contribution in [0.3, 0.4) is 0 Å². The second-order valence-corrected chi connectivity index (χ2v) is 7.06. The molecule has 0 aliphatic carbocycles. The van der Waals surface area contributed by atoms with E-state index in [4.69, 9.17) is 4.42 Å². The first-order valence-corrected chi connectivity index (χ1v) is 9.02. The van der Waals surface area contributed by atoms with E-state index in [2.05, 4.69) is 4.98 Å². The molecule has 0 radical (unpaired) electrons. The molecule has 0 bridgehead atoms. The maximum Gasteiger partial charge on any atom is 0.295 e. The normalized spacial score (nSPS) is 19.2. The molecule has 1 aliphatic heterocycles. The van der Waals surface area contributed by atoms with Gasteiger partial charge in [0.05, 0.1) is 11.8 Å². The fourth-order valence-corrected chi connectivity index (χ4v) is 3.57. The Labute approximate surface area is 161 Å². The summed E-state index contributed by atoms with van der Waals surface area (Å²) in [6.07, 6.45) is 3.14. The summed E-state index contributed by atoms with van der Waals surface area (Å²) >= 11 is 0. The first kappa shape index (κ1) is 18.1. The topological polar surface area (TPSA) is 89.8 Å². The zero-order valence-electron chi connectivity index (χ0n) is 15.7. The predicted octanol–water partition coefficient (Wildman–Crippen LogP) is 2.74. The molecule has 7 heteroatoms. The number of hydrogen-bond donors (Lipinski definition) is 2. The van der Waals surface area contributed by atoms with Crippen molar-refractivity contribution >= 4 is 28.4 Å². The number of benzene rings is 1. The van der Waals surface area contributed by atoms with E-state index < -0.39 is 17.7 Å². The van der Waals surface area contributed by atoms with Crippen molar-refractivity contribution in [2.75, 3.05) is 27.2 Å². The number of aromatic amines is 1. The van der Waals surface area contributed by atoms with Crippen LogP contribution < -0.4 is 0 Å². The lowest BCUT2D eigenvalue weighted by Crippen LogP contribution is -2.35. The van der Waals surface area contributed by atoms with Crippen LogP contribution in [0.4, 0.5) is 0 Å². The Morgan fingerprint density at radius 2 is 2.00 bits per heavy atom. The smallest absolute Gasteiger partial charge is 0.295 e. The van der Waals surface area contributed by atoms with E-state index in [1.807, 2.05) is 43.3 Å². The molecule has 3 heterocycles. The number of nitrogens with zero attached hydrogens (tertiary/aromatic N) is 2. The summed E-state index contributed by atoms with van der Waals surface area (Å²) in [5.41, 5.74) is 1.36. The van der Waals surface area contributed by atoms with Gasteiger partial charge in [-0.2, -0.15) is 0 Å². The highest BCUT2D eigenvalue weighted by atomic mass is 16.3. The third-order valence-corrected chi connectivity index (χ3v) is 4.99. The van der Waals surface area contributed by atoms with Gasteiger partial charge in [-0.15, -0.1) is 0 Å². The molecular weight excluding hydrogens is 358 g/mol. The van der Waals surface area contributed by atoms with E-state index in [0.717, 1.165) is 10.9 Å². The van der Waals surface area contributed by atoms with Gasteiger partial charge in [0.1, 0.15) is 17.6 Å². The summed E-state index contributed by atoms with van der Waals surface area (Å²) in [5.74, 6) is -1.10. The summed E-state index contributed by atoms with van der Waals surface area (Å²) in [4.78, 5) is 32.1. The average Bonchev–Trinajstić information content (AvgIpc) is 3.39. The predicted molar refractivity (Wildman–Crippen MR) is 105 cm³/mol. The number of rotatable bonds is 5. The Morgan fingerprint density at radius 1 is 1.21 bits per heavy atom. The van der Waals surface area contributed by atoms with E-state index in [-0.39, 0.29) is 11.3 Å². The van der Waals surface area contributed by atoms with Gasteiger partial charge in [0.25, 0.3) is 11.7 Å². The van der Waals surface area contributed by atoms with Gasteiger partial charge in [-0.3, -0.25) is 9.59 Å². The Bertz CT molecular complexity index is 1060. The van der Waals surface area contributed by atoms with E-state index in [1.165, 1.54) is 11.2 Å². The van der Waals surface area contributed by atoms with Crippen LogP contribution in [0.2, 0.25) is 0 Å². The van der Waals surface area contributed by atoms with Crippen LogP contribution in [-0.2, 0) is 9.59 Å². The van der Waals surface area contributed by atoms with Crippen molar-refractivity contribution in [1.82, 2.24) is 14.8 Å². The van der Waals surface area contributed by atoms with E-state index in [0.29, 0.717) is 24.4 Å². The molecule has 2 aromatic heterocycles. The van der Waals surface area contributed by atoms with Crippen molar-refractivity contribution in [2.24, 2.45) is 0 Å². The highest BCUT2D eigenvalue weighted by Gasteiger charge is 2.47. The molecule has 0 unspecified atom stereocenters. The molecule has 1 saturated heterocycles. The van der Waals surface area contributed by atoms with Crippen molar-refractivity contribution < 1.29 is 19.1 Å². The van der Waals surface area contributed by atoms with Crippen LogP contribution in [0.15, 0.2) is 58.8 Å². The summed E-state index contributed by atoms with van der Waals surface area (Å²) in [6, 6.07) is 10.1. The molecule has 3 aromatic rings.